The fourth-order valence-corrected chi connectivity index (χ4v) is 3.24. The topological polar surface area (TPSA) is 58.9 Å². The second-order valence-corrected chi connectivity index (χ2v) is 6.31. The lowest BCUT2D eigenvalue weighted by Gasteiger charge is -2.30. The Labute approximate surface area is 142 Å². The van der Waals surface area contributed by atoms with Crippen molar-refractivity contribution in [1.29, 1.82) is 0 Å². The fourth-order valence-electron chi connectivity index (χ4n) is 3.24. The molecule has 1 heterocycles. The van der Waals surface area contributed by atoms with Gasteiger partial charge in [-0.05, 0) is 67.5 Å². The molecular formula is C20H24O4. The number of phenolic OH excluding ortho intramolecular Hbond substituents is 2. The normalized spacial score (nSPS) is 20.7. The van der Waals surface area contributed by atoms with Crippen molar-refractivity contribution in [3.63, 3.8) is 0 Å². The highest BCUT2D eigenvalue weighted by atomic mass is 16.5. The molecule has 0 spiro atoms. The first-order chi connectivity index (χ1) is 11.7. The molecule has 2 atom stereocenters. The monoisotopic (exact) mass is 328 g/mol. The van der Waals surface area contributed by atoms with Crippen LogP contribution in [0, 0.1) is 0 Å². The summed E-state index contributed by atoms with van der Waals surface area (Å²) in [5.74, 6) is 0.942. The lowest BCUT2D eigenvalue weighted by molar-refractivity contribution is -0.0546. The third kappa shape index (κ3) is 4.01. The summed E-state index contributed by atoms with van der Waals surface area (Å²) < 4.78 is 11.5. The number of methoxy groups -OCH3 is 1. The summed E-state index contributed by atoms with van der Waals surface area (Å²) in [6.07, 6.45) is 5.39. The Kier molecular flexibility index (Phi) is 5.26. The highest BCUT2D eigenvalue weighted by Gasteiger charge is 2.24. The number of hydrogen-bond acceptors (Lipinski definition) is 4. The summed E-state index contributed by atoms with van der Waals surface area (Å²) in [5, 5.41) is 19.1. The lowest BCUT2D eigenvalue weighted by Crippen LogP contribution is -2.23. The van der Waals surface area contributed by atoms with Crippen LogP contribution in [-0.2, 0) is 11.2 Å². The van der Waals surface area contributed by atoms with E-state index in [1.54, 1.807) is 25.3 Å². The van der Waals surface area contributed by atoms with E-state index in [1.807, 2.05) is 24.3 Å². The number of ether oxygens (including phenoxy) is 2. The minimum Gasteiger partial charge on any atom is -0.508 e. The van der Waals surface area contributed by atoms with E-state index in [0.29, 0.717) is 11.5 Å². The first-order valence-electron chi connectivity index (χ1n) is 8.46. The molecule has 0 unspecified atom stereocenters. The van der Waals surface area contributed by atoms with Gasteiger partial charge >= 0.3 is 0 Å². The molecular weight excluding hydrogens is 304 g/mol. The van der Waals surface area contributed by atoms with Crippen LogP contribution < -0.4 is 4.74 Å². The zero-order valence-corrected chi connectivity index (χ0v) is 13.9. The molecule has 0 aliphatic carbocycles. The van der Waals surface area contributed by atoms with Gasteiger partial charge in [-0.2, -0.15) is 0 Å². The van der Waals surface area contributed by atoms with Crippen LogP contribution in [0.25, 0.3) is 0 Å². The predicted molar refractivity (Wildman–Crippen MR) is 92.6 cm³/mol. The minimum absolute atomic E-state index is 0.0538. The largest absolute Gasteiger partial charge is 0.508 e. The molecule has 24 heavy (non-hydrogen) atoms. The first-order valence-corrected chi connectivity index (χ1v) is 8.46. The maximum atomic E-state index is 9.73. The molecule has 1 aliphatic heterocycles. The molecule has 2 aromatic carbocycles. The molecule has 128 valence electrons. The standard InChI is InChI=1S/C20H24O4/c1-23-20-13-15(8-12-18(20)22)19-4-2-3-17(24-19)11-7-14-5-9-16(21)10-6-14/h5-6,8-10,12-13,17,19,21-22H,2-4,7,11H2,1H3/t17-,19+/m1/s1. The van der Waals surface area contributed by atoms with Crippen molar-refractivity contribution >= 4 is 0 Å². The van der Waals surface area contributed by atoms with Gasteiger partial charge in [-0.25, -0.2) is 0 Å². The van der Waals surface area contributed by atoms with Crippen LogP contribution in [-0.4, -0.2) is 23.4 Å². The Balaban J connectivity index is 1.60. The van der Waals surface area contributed by atoms with Crippen molar-refractivity contribution in [2.75, 3.05) is 7.11 Å². The van der Waals surface area contributed by atoms with Crippen LogP contribution in [0.3, 0.4) is 0 Å². The smallest absolute Gasteiger partial charge is 0.160 e. The van der Waals surface area contributed by atoms with Crippen molar-refractivity contribution in [2.24, 2.45) is 0 Å². The molecule has 1 saturated heterocycles. The summed E-state index contributed by atoms with van der Waals surface area (Å²) in [6, 6.07) is 12.8. The van der Waals surface area contributed by atoms with Gasteiger partial charge in [0.2, 0.25) is 0 Å². The van der Waals surface area contributed by atoms with Gasteiger partial charge < -0.3 is 19.7 Å². The Bertz CT molecular complexity index is 666. The number of phenols is 2. The zero-order valence-electron chi connectivity index (χ0n) is 13.9. The van der Waals surface area contributed by atoms with Gasteiger partial charge in [-0.15, -0.1) is 0 Å². The first kappa shape index (κ1) is 16.7. The summed E-state index contributed by atoms with van der Waals surface area (Å²) in [4.78, 5) is 0. The molecule has 2 N–H and O–H groups in total. The van der Waals surface area contributed by atoms with E-state index in [4.69, 9.17) is 9.47 Å². The maximum absolute atomic E-state index is 9.73. The summed E-state index contributed by atoms with van der Waals surface area (Å²) in [7, 11) is 1.56. The van der Waals surface area contributed by atoms with Gasteiger partial charge in [0.05, 0.1) is 19.3 Å². The van der Waals surface area contributed by atoms with Crippen LogP contribution in [0.1, 0.15) is 42.9 Å². The van der Waals surface area contributed by atoms with Gasteiger partial charge in [0.1, 0.15) is 5.75 Å². The number of aryl methyl sites for hydroxylation is 1. The molecule has 4 nitrogen and oxygen atoms in total. The number of benzene rings is 2. The average molecular weight is 328 g/mol. The second-order valence-electron chi connectivity index (χ2n) is 6.31. The number of aromatic hydroxyl groups is 2. The van der Waals surface area contributed by atoms with E-state index in [9.17, 15) is 10.2 Å². The van der Waals surface area contributed by atoms with Crippen molar-refractivity contribution in [2.45, 2.75) is 44.3 Å². The quantitative estimate of drug-likeness (QED) is 0.857. The van der Waals surface area contributed by atoms with E-state index in [2.05, 4.69) is 0 Å². The average Bonchev–Trinajstić information content (AvgIpc) is 2.62. The van der Waals surface area contributed by atoms with Crippen molar-refractivity contribution < 1.29 is 19.7 Å². The number of rotatable bonds is 5. The Morgan fingerprint density at radius 2 is 1.88 bits per heavy atom. The summed E-state index contributed by atoms with van der Waals surface area (Å²) in [6.45, 7) is 0. The number of hydrogen-bond donors (Lipinski definition) is 2. The lowest BCUT2D eigenvalue weighted by atomic mass is 9.95. The Morgan fingerprint density at radius 3 is 2.62 bits per heavy atom. The minimum atomic E-state index is 0.0538. The van der Waals surface area contributed by atoms with Gasteiger partial charge in [-0.1, -0.05) is 18.2 Å². The van der Waals surface area contributed by atoms with Gasteiger partial charge in [0.25, 0.3) is 0 Å². The molecule has 3 rings (SSSR count). The highest BCUT2D eigenvalue weighted by Crippen LogP contribution is 2.36. The van der Waals surface area contributed by atoms with Gasteiger partial charge in [0, 0.05) is 0 Å². The van der Waals surface area contributed by atoms with Crippen LogP contribution in [0.2, 0.25) is 0 Å². The molecule has 0 radical (unpaired) electrons. The molecule has 1 fully saturated rings. The van der Waals surface area contributed by atoms with E-state index < -0.39 is 0 Å². The molecule has 0 aromatic heterocycles. The van der Waals surface area contributed by atoms with Crippen LogP contribution in [0.5, 0.6) is 17.2 Å². The van der Waals surface area contributed by atoms with Crippen LogP contribution >= 0.6 is 0 Å². The highest BCUT2D eigenvalue weighted by molar-refractivity contribution is 5.42. The van der Waals surface area contributed by atoms with Crippen molar-refractivity contribution in [3.8, 4) is 17.2 Å². The summed E-state index contributed by atoms with van der Waals surface area (Å²) in [5.41, 5.74) is 2.27. The summed E-state index contributed by atoms with van der Waals surface area (Å²) >= 11 is 0. The third-order valence-electron chi connectivity index (χ3n) is 4.62. The maximum Gasteiger partial charge on any atom is 0.160 e. The predicted octanol–water partition coefficient (Wildman–Crippen LogP) is 4.35. The molecule has 0 bridgehead atoms. The van der Waals surface area contributed by atoms with Crippen molar-refractivity contribution in [3.05, 3.63) is 53.6 Å². The van der Waals surface area contributed by atoms with Crippen molar-refractivity contribution in [1.82, 2.24) is 0 Å². The van der Waals surface area contributed by atoms with E-state index in [0.717, 1.165) is 37.7 Å². The molecule has 4 heteroatoms. The molecule has 0 saturated carbocycles. The molecule has 1 aliphatic rings. The second kappa shape index (κ2) is 7.58. The Morgan fingerprint density at radius 1 is 1.08 bits per heavy atom. The van der Waals surface area contributed by atoms with Gasteiger partial charge in [0.15, 0.2) is 11.5 Å². The van der Waals surface area contributed by atoms with Crippen LogP contribution in [0.15, 0.2) is 42.5 Å². The van der Waals surface area contributed by atoms with E-state index >= 15 is 0 Å². The molecule has 0 amide bonds. The van der Waals surface area contributed by atoms with Gasteiger partial charge in [-0.3, -0.25) is 0 Å². The van der Waals surface area contributed by atoms with E-state index in [1.165, 1.54) is 5.56 Å². The Hall–Kier alpha value is -2.20. The molecule has 2 aromatic rings. The van der Waals surface area contributed by atoms with Crippen LogP contribution in [0.4, 0.5) is 0 Å². The van der Waals surface area contributed by atoms with E-state index in [-0.39, 0.29) is 18.0 Å². The third-order valence-corrected chi connectivity index (χ3v) is 4.62. The zero-order chi connectivity index (χ0) is 16.9. The fraction of sp³-hybridized carbons (Fsp3) is 0.400. The SMILES string of the molecule is COc1cc([C@@H]2CCC[C@H](CCc3ccc(O)cc3)O2)ccc1O.